The van der Waals surface area contributed by atoms with Crippen LogP contribution in [0.25, 0.3) is 10.8 Å². The summed E-state index contributed by atoms with van der Waals surface area (Å²) in [5.41, 5.74) is 6.02. The number of carbonyl (C=O) groups is 1. The molecule has 1 heterocycles. The molecular weight excluding hydrogens is 336 g/mol. The van der Waals surface area contributed by atoms with Crippen molar-refractivity contribution in [3.8, 4) is 0 Å². The maximum Gasteiger partial charge on any atom is 0.253 e. The fraction of sp³-hybridized carbons (Fsp3) is 0.167. The topological polar surface area (TPSA) is 101 Å². The zero-order valence-electron chi connectivity index (χ0n) is 13.7. The molecule has 3 aromatic rings. The summed E-state index contributed by atoms with van der Waals surface area (Å²) in [6.07, 6.45) is 0.583. The molecule has 0 spiro atoms. The maximum absolute atomic E-state index is 12.7. The van der Waals surface area contributed by atoms with E-state index in [1.54, 1.807) is 0 Å². The molecule has 0 saturated carbocycles. The Bertz CT molecular complexity index is 965. The molecule has 1 atom stereocenters. The molecule has 0 aliphatic heterocycles. The van der Waals surface area contributed by atoms with Crippen LogP contribution in [0.4, 0.5) is 11.5 Å². The third-order valence-electron chi connectivity index (χ3n) is 3.70. The van der Waals surface area contributed by atoms with Crippen LogP contribution in [-0.4, -0.2) is 21.1 Å². The Morgan fingerprint density at radius 3 is 2.80 bits per heavy atom. The Morgan fingerprint density at radius 2 is 2.04 bits per heavy atom. The van der Waals surface area contributed by atoms with Crippen molar-refractivity contribution in [1.82, 2.24) is 9.97 Å². The zero-order chi connectivity index (χ0) is 17.8. The molecule has 7 heteroatoms. The van der Waals surface area contributed by atoms with E-state index in [0.717, 1.165) is 16.5 Å². The van der Waals surface area contributed by atoms with Gasteiger partial charge in [-0.3, -0.25) is 9.59 Å². The minimum absolute atomic E-state index is 0.135. The smallest absolute Gasteiger partial charge is 0.253 e. The van der Waals surface area contributed by atoms with Gasteiger partial charge in [-0.1, -0.05) is 55.1 Å². The highest BCUT2D eigenvalue weighted by atomic mass is 32.2. The van der Waals surface area contributed by atoms with Crippen molar-refractivity contribution in [3.63, 3.8) is 0 Å². The number of nitrogens with zero attached hydrogens (tertiary/aromatic N) is 1. The Balaban J connectivity index is 1.81. The number of hydrogen-bond donors (Lipinski definition) is 3. The second-order valence-electron chi connectivity index (χ2n) is 5.51. The molecule has 0 aliphatic rings. The van der Waals surface area contributed by atoms with Gasteiger partial charge in [-0.05, 0) is 17.9 Å². The van der Waals surface area contributed by atoms with Crippen LogP contribution in [0.2, 0.25) is 0 Å². The van der Waals surface area contributed by atoms with Crippen LogP contribution in [0.3, 0.4) is 0 Å². The number of thioether (sulfide) groups is 1. The van der Waals surface area contributed by atoms with Crippen LogP contribution < -0.4 is 16.6 Å². The van der Waals surface area contributed by atoms with Gasteiger partial charge in [-0.15, -0.1) is 0 Å². The van der Waals surface area contributed by atoms with Crippen molar-refractivity contribution in [3.05, 3.63) is 58.9 Å². The summed E-state index contributed by atoms with van der Waals surface area (Å²) in [5.74, 6) is -0.00973. The van der Waals surface area contributed by atoms with E-state index in [1.165, 1.54) is 17.8 Å². The number of anilines is 2. The summed E-state index contributed by atoms with van der Waals surface area (Å²) >= 11 is 1.19. The monoisotopic (exact) mass is 354 g/mol. The van der Waals surface area contributed by atoms with E-state index in [0.29, 0.717) is 11.6 Å². The first-order valence-electron chi connectivity index (χ1n) is 7.89. The molecule has 0 bridgehead atoms. The van der Waals surface area contributed by atoms with Gasteiger partial charge in [0.1, 0.15) is 5.82 Å². The molecule has 6 nitrogen and oxygen atoms in total. The van der Waals surface area contributed by atoms with Crippen LogP contribution in [-0.2, 0) is 4.79 Å². The number of rotatable bonds is 5. The average Bonchev–Trinajstić information content (AvgIpc) is 2.59. The summed E-state index contributed by atoms with van der Waals surface area (Å²) in [6, 6.07) is 14.8. The van der Waals surface area contributed by atoms with E-state index in [-0.39, 0.29) is 17.3 Å². The third kappa shape index (κ3) is 4.00. The van der Waals surface area contributed by atoms with Gasteiger partial charge in [0.2, 0.25) is 5.91 Å². The third-order valence-corrected chi connectivity index (χ3v) is 4.95. The lowest BCUT2D eigenvalue weighted by molar-refractivity contribution is -0.115. The van der Waals surface area contributed by atoms with Crippen molar-refractivity contribution >= 4 is 39.9 Å². The van der Waals surface area contributed by atoms with Crippen molar-refractivity contribution < 1.29 is 4.79 Å². The Morgan fingerprint density at radius 1 is 1.28 bits per heavy atom. The Hall–Kier alpha value is -2.80. The van der Waals surface area contributed by atoms with Crippen LogP contribution in [0.15, 0.2) is 58.5 Å². The molecule has 128 valence electrons. The molecule has 0 fully saturated rings. The molecule has 0 aliphatic carbocycles. The van der Waals surface area contributed by atoms with E-state index in [9.17, 15) is 9.59 Å². The van der Waals surface area contributed by atoms with Crippen molar-refractivity contribution in [2.45, 2.75) is 23.8 Å². The van der Waals surface area contributed by atoms with E-state index in [1.807, 2.05) is 49.4 Å². The molecule has 0 unspecified atom stereocenters. The Labute approximate surface area is 148 Å². The SMILES string of the molecule is CC[C@@H](Sc1nc(N)cc(=O)[nH]1)C(=O)Nc1cccc2ccccc12. The number of carbonyl (C=O) groups excluding carboxylic acids is 1. The summed E-state index contributed by atoms with van der Waals surface area (Å²) in [6.45, 7) is 1.91. The molecule has 25 heavy (non-hydrogen) atoms. The maximum atomic E-state index is 12.7. The number of nitrogens with two attached hydrogens (primary N) is 1. The van der Waals surface area contributed by atoms with Gasteiger partial charge in [0.15, 0.2) is 5.16 Å². The number of H-pyrrole nitrogens is 1. The molecule has 0 radical (unpaired) electrons. The summed E-state index contributed by atoms with van der Waals surface area (Å²) < 4.78 is 0. The number of nitrogen functional groups attached to an aromatic ring is 1. The van der Waals surface area contributed by atoms with Crippen molar-refractivity contribution in [2.75, 3.05) is 11.1 Å². The number of aromatic amines is 1. The fourth-order valence-corrected chi connectivity index (χ4v) is 3.43. The zero-order valence-corrected chi connectivity index (χ0v) is 14.5. The first kappa shape index (κ1) is 17.0. The standard InChI is InChI=1S/C18H18N4O2S/c1-2-14(25-18-21-15(19)10-16(23)22-18)17(24)20-13-9-5-7-11-6-3-4-8-12(11)13/h3-10,14H,2H2,1H3,(H,20,24)(H3,19,21,22,23)/t14-/m1/s1. The van der Waals surface area contributed by atoms with Gasteiger partial charge < -0.3 is 16.0 Å². The lowest BCUT2D eigenvalue weighted by Crippen LogP contribution is -2.25. The van der Waals surface area contributed by atoms with E-state index >= 15 is 0 Å². The summed E-state index contributed by atoms with van der Waals surface area (Å²) in [5, 5.41) is 4.95. The Kier molecular flexibility index (Phi) is 5.04. The second-order valence-corrected chi connectivity index (χ2v) is 6.70. The van der Waals surface area contributed by atoms with Gasteiger partial charge in [0.25, 0.3) is 5.56 Å². The fourth-order valence-electron chi connectivity index (χ4n) is 2.51. The molecule has 4 N–H and O–H groups in total. The number of amides is 1. The van der Waals surface area contributed by atoms with E-state index in [4.69, 9.17) is 5.73 Å². The van der Waals surface area contributed by atoms with E-state index in [2.05, 4.69) is 15.3 Å². The first-order chi connectivity index (χ1) is 12.1. The van der Waals surface area contributed by atoms with Crippen LogP contribution in [0.5, 0.6) is 0 Å². The largest absolute Gasteiger partial charge is 0.383 e. The molecule has 0 saturated heterocycles. The normalized spacial score (nSPS) is 12.0. The second kappa shape index (κ2) is 7.40. The van der Waals surface area contributed by atoms with Gasteiger partial charge in [0.05, 0.1) is 5.25 Å². The van der Waals surface area contributed by atoms with Gasteiger partial charge in [-0.2, -0.15) is 0 Å². The summed E-state index contributed by atoms with van der Waals surface area (Å²) in [7, 11) is 0. The molecule has 2 aromatic carbocycles. The van der Waals surface area contributed by atoms with Crippen molar-refractivity contribution in [2.24, 2.45) is 0 Å². The highest BCUT2D eigenvalue weighted by molar-refractivity contribution is 8.00. The highest BCUT2D eigenvalue weighted by Crippen LogP contribution is 2.26. The van der Waals surface area contributed by atoms with Crippen LogP contribution >= 0.6 is 11.8 Å². The number of benzene rings is 2. The molecular formula is C18H18N4O2S. The van der Waals surface area contributed by atoms with Gasteiger partial charge in [-0.25, -0.2) is 4.98 Å². The van der Waals surface area contributed by atoms with Gasteiger partial charge in [0, 0.05) is 17.1 Å². The highest BCUT2D eigenvalue weighted by Gasteiger charge is 2.20. The number of hydrogen-bond acceptors (Lipinski definition) is 5. The van der Waals surface area contributed by atoms with Crippen LogP contribution in [0, 0.1) is 0 Å². The minimum Gasteiger partial charge on any atom is -0.383 e. The predicted octanol–water partition coefficient (Wildman–Crippen LogP) is 3.01. The van der Waals surface area contributed by atoms with Crippen LogP contribution in [0.1, 0.15) is 13.3 Å². The number of nitrogens with one attached hydrogen (secondary N) is 2. The molecule has 1 aromatic heterocycles. The number of aromatic nitrogens is 2. The number of fused-ring (bicyclic) bond motifs is 1. The average molecular weight is 354 g/mol. The van der Waals surface area contributed by atoms with Gasteiger partial charge >= 0.3 is 0 Å². The quantitative estimate of drug-likeness (QED) is 0.483. The first-order valence-corrected chi connectivity index (χ1v) is 8.77. The minimum atomic E-state index is -0.399. The predicted molar refractivity (Wildman–Crippen MR) is 102 cm³/mol. The molecule has 1 amide bonds. The summed E-state index contributed by atoms with van der Waals surface area (Å²) in [4.78, 5) is 30.8. The van der Waals surface area contributed by atoms with Crippen molar-refractivity contribution in [1.29, 1.82) is 0 Å². The molecule has 3 rings (SSSR count). The van der Waals surface area contributed by atoms with E-state index < -0.39 is 5.25 Å². The lowest BCUT2D eigenvalue weighted by Gasteiger charge is -2.15. The lowest BCUT2D eigenvalue weighted by atomic mass is 10.1.